The number of fused-ring (bicyclic) bond motifs is 1. The van der Waals surface area contributed by atoms with Gasteiger partial charge in [0, 0.05) is 32.1 Å². The van der Waals surface area contributed by atoms with Gasteiger partial charge in [-0.2, -0.15) is 17.0 Å². The van der Waals surface area contributed by atoms with Gasteiger partial charge in [0.15, 0.2) is 0 Å². The number of rotatable bonds is 4. The molecule has 0 amide bonds. The van der Waals surface area contributed by atoms with Gasteiger partial charge in [0.05, 0.1) is 6.61 Å². The molecule has 0 aromatic heterocycles. The molecule has 1 fully saturated rings. The van der Waals surface area contributed by atoms with Crippen molar-refractivity contribution in [1.29, 1.82) is 0 Å². The fourth-order valence-corrected chi connectivity index (χ4v) is 5.24. The third kappa shape index (κ3) is 3.05. The Morgan fingerprint density at radius 2 is 1.76 bits per heavy atom. The van der Waals surface area contributed by atoms with E-state index >= 15 is 0 Å². The van der Waals surface area contributed by atoms with Gasteiger partial charge in [-0.05, 0) is 23.6 Å². The summed E-state index contributed by atoms with van der Waals surface area (Å²) in [7, 11) is -1.80. The quantitative estimate of drug-likeness (QED) is 0.843. The average Bonchev–Trinajstić information content (AvgIpc) is 2.60. The molecule has 2 aromatic carbocycles. The summed E-state index contributed by atoms with van der Waals surface area (Å²) in [5.41, 5.74) is 2.07. The molecule has 0 radical (unpaired) electrons. The molecular weight excluding hydrogens is 336 g/mol. The van der Waals surface area contributed by atoms with Crippen LogP contribution in [0.15, 0.2) is 54.6 Å². The molecule has 0 unspecified atom stereocenters. The topological polar surface area (TPSA) is 49.9 Å². The Bertz CT molecular complexity index is 861. The summed E-state index contributed by atoms with van der Waals surface area (Å²) in [6.45, 7) is 2.00. The SMILES string of the molecule is CN(Cc1ccccc1)S(=O)(=O)N1CC2(COc3ccccc3C2)C1. The third-order valence-corrected chi connectivity index (χ3v) is 6.89. The molecule has 5 nitrogen and oxygen atoms in total. The zero-order valence-corrected chi connectivity index (χ0v) is 15.1. The lowest BCUT2D eigenvalue weighted by molar-refractivity contribution is 0.00292. The van der Waals surface area contributed by atoms with Crippen LogP contribution in [0, 0.1) is 5.41 Å². The van der Waals surface area contributed by atoms with Crippen LogP contribution < -0.4 is 4.74 Å². The Morgan fingerprint density at radius 1 is 1.08 bits per heavy atom. The molecule has 4 rings (SSSR count). The molecule has 2 aliphatic heterocycles. The number of hydrogen-bond donors (Lipinski definition) is 0. The van der Waals surface area contributed by atoms with Crippen molar-refractivity contribution >= 4 is 10.2 Å². The number of nitrogens with zero attached hydrogens (tertiary/aromatic N) is 2. The summed E-state index contributed by atoms with van der Waals surface area (Å²) in [4.78, 5) is 0. The monoisotopic (exact) mass is 358 g/mol. The van der Waals surface area contributed by atoms with Crippen LogP contribution in [-0.2, 0) is 23.2 Å². The molecule has 2 aromatic rings. The summed E-state index contributed by atoms with van der Waals surface area (Å²) in [5.74, 6) is 0.927. The van der Waals surface area contributed by atoms with E-state index in [1.54, 1.807) is 11.4 Å². The molecule has 0 aliphatic carbocycles. The van der Waals surface area contributed by atoms with Gasteiger partial charge in [-0.15, -0.1) is 0 Å². The highest BCUT2D eigenvalue weighted by Crippen LogP contribution is 2.42. The van der Waals surface area contributed by atoms with E-state index in [9.17, 15) is 8.42 Å². The second kappa shape index (κ2) is 6.12. The summed E-state index contributed by atoms with van der Waals surface area (Å²) in [5, 5.41) is 0. The smallest absolute Gasteiger partial charge is 0.282 e. The molecule has 0 N–H and O–H groups in total. The highest BCUT2D eigenvalue weighted by Gasteiger charge is 2.51. The maximum absolute atomic E-state index is 12.8. The number of ether oxygens (including phenoxy) is 1. The lowest BCUT2D eigenvalue weighted by Gasteiger charge is -2.51. The Balaban J connectivity index is 1.43. The van der Waals surface area contributed by atoms with Gasteiger partial charge in [0.1, 0.15) is 5.75 Å². The van der Waals surface area contributed by atoms with E-state index in [1.165, 1.54) is 9.87 Å². The van der Waals surface area contributed by atoms with Gasteiger partial charge >= 0.3 is 0 Å². The maximum Gasteiger partial charge on any atom is 0.282 e. The molecule has 1 saturated heterocycles. The fraction of sp³-hybridized carbons (Fsp3) is 0.368. The molecule has 25 heavy (non-hydrogen) atoms. The summed E-state index contributed by atoms with van der Waals surface area (Å²) < 4.78 is 34.4. The molecule has 132 valence electrons. The van der Waals surface area contributed by atoms with Crippen molar-refractivity contribution < 1.29 is 13.2 Å². The van der Waals surface area contributed by atoms with Crippen LogP contribution in [-0.4, -0.2) is 43.8 Å². The predicted octanol–water partition coefficient (Wildman–Crippen LogP) is 2.30. The largest absolute Gasteiger partial charge is 0.493 e. The third-order valence-electron chi connectivity index (χ3n) is 5.06. The molecule has 1 spiro atoms. The zero-order valence-electron chi connectivity index (χ0n) is 14.3. The highest BCUT2D eigenvalue weighted by molar-refractivity contribution is 7.86. The number of para-hydroxylation sites is 1. The van der Waals surface area contributed by atoms with Gasteiger partial charge in [0.2, 0.25) is 0 Å². The molecular formula is C19H22N2O3S. The summed E-state index contributed by atoms with van der Waals surface area (Å²) in [6.07, 6.45) is 0.873. The van der Waals surface area contributed by atoms with Crippen molar-refractivity contribution in [1.82, 2.24) is 8.61 Å². The van der Waals surface area contributed by atoms with Crippen molar-refractivity contribution in [3.63, 3.8) is 0 Å². The standard InChI is InChI=1S/C19H22N2O3S/c1-20(12-16-7-3-2-4-8-16)25(22,23)21-13-19(14-21)11-17-9-5-6-10-18(17)24-15-19/h2-10H,11-15H2,1H3. The van der Waals surface area contributed by atoms with Crippen LogP contribution in [0.25, 0.3) is 0 Å². The molecule has 0 bridgehead atoms. The van der Waals surface area contributed by atoms with E-state index in [1.807, 2.05) is 48.5 Å². The second-order valence-corrected chi connectivity index (χ2v) is 9.13. The van der Waals surface area contributed by atoms with E-state index in [-0.39, 0.29) is 5.41 Å². The molecule has 6 heteroatoms. The molecule has 2 aliphatic rings. The average molecular weight is 358 g/mol. The van der Waals surface area contributed by atoms with Crippen molar-refractivity contribution in [3.8, 4) is 5.75 Å². The summed E-state index contributed by atoms with van der Waals surface area (Å²) >= 11 is 0. The van der Waals surface area contributed by atoms with Crippen LogP contribution in [0.4, 0.5) is 0 Å². The Morgan fingerprint density at radius 3 is 2.52 bits per heavy atom. The molecule has 2 heterocycles. The fourth-order valence-electron chi connectivity index (χ4n) is 3.66. The van der Waals surface area contributed by atoms with Gasteiger partial charge in [0.25, 0.3) is 10.2 Å². The Kier molecular flexibility index (Phi) is 4.06. The van der Waals surface area contributed by atoms with Gasteiger partial charge in [-0.3, -0.25) is 0 Å². The first-order chi connectivity index (χ1) is 12.0. The van der Waals surface area contributed by atoms with Crippen molar-refractivity contribution in [2.45, 2.75) is 13.0 Å². The molecule has 0 atom stereocenters. The minimum atomic E-state index is -3.44. The highest BCUT2D eigenvalue weighted by atomic mass is 32.2. The van der Waals surface area contributed by atoms with E-state index in [4.69, 9.17) is 4.74 Å². The van der Waals surface area contributed by atoms with Crippen LogP contribution in [0.1, 0.15) is 11.1 Å². The normalized spacial score (nSPS) is 19.3. The first-order valence-corrected chi connectivity index (χ1v) is 9.84. The lowest BCUT2D eigenvalue weighted by atomic mass is 9.75. The molecule has 0 saturated carbocycles. The van der Waals surface area contributed by atoms with Gasteiger partial charge < -0.3 is 4.74 Å². The lowest BCUT2D eigenvalue weighted by Crippen LogP contribution is -2.64. The van der Waals surface area contributed by atoms with E-state index in [0.29, 0.717) is 26.2 Å². The Labute approximate surface area is 149 Å². The van der Waals surface area contributed by atoms with Gasteiger partial charge in [-0.25, -0.2) is 0 Å². The maximum atomic E-state index is 12.8. The number of hydrogen-bond acceptors (Lipinski definition) is 3. The Hall–Kier alpha value is -1.89. The van der Waals surface area contributed by atoms with Crippen LogP contribution in [0.3, 0.4) is 0 Å². The number of benzene rings is 2. The minimum absolute atomic E-state index is 0.0883. The van der Waals surface area contributed by atoms with E-state index in [2.05, 4.69) is 6.07 Å². The first kappa shape index (κ1) is 16.6. The first-order valence-electron chi connectivity index (χ1n) is 8.45. The van der Waals surface area contributed by atoms with Gasteiger partial charge in [-0.1, -0.05) is 48.5 Å². The van der Waals surface area contributed by atoms with E-state index in [0.717, 1.165) is 17.7 Å². The van der Waals surface area contributed by atoms with Crippen LogP contribution >= 0.6 is 0 Å². The summed E-state index contributed by atoms with van der Waals surface area (Å²) in [6, 6.07) is 17.7. The zero-order chi connectivity index (χ0) is 17.5. The van der Waals surface area contributed by atoms with Crippen molar-refractivity contribution in [2.75, 3.05) is 26.7 Å². The van der Waals surface area contributed by atoms with Crippen molar-refractivity contribution in [3.05, 3.63) is 65.7 Å². The predicted molar refractivity (Wildman–Crippen MR) is 96.5 cm³/mol. The van der Waals surface area contributed by atoms with Crippen molar-refractivity contribution in [2.24, 2.45) is 5.41 Å². The van der Waals surface area contributed by atoms with E-state index < -0.39 is 10.2 Å². The minimum Gasteiger partial charge on any atom is -0.493 e. The van der Waals surface area contributed by atoms with Crippen LogP contribution in [0.5, 0.6) is 5.75 Å². The second-order valence-electron chi connectivity index (χ2n) is 7.09. The van der Waals surface area contributed by atoms with Crippen LogP contribution in [0.2, 0.25) is 0 Å².